The molecule has 1 aromatic rings. The molecular formula is C9H11FN2OS. The van der Waals surface area contributed by atoms with Crippen molar-refractivity contribution in [1.29, 1.82) is 0 Å². The lowest BCUT2D eigenvalue weighted by Crippen LogP contribution is -2.22. The third-order valence-corrected chi connectivity index (χ3v) is 2.10. The molecule has 1 amide bonds. The minimum atomic E-state index is -0.527. The average Bonchev–Trinajstić information content (AvgIpc) is 2.10. The highest BCUT2D eigenvalue weighted by Crippen LogP contribution is 2.21. The minimum absolute atomic E-state index is 0.115. The second kappa shape index (κ2) is 3.88. The highest BCUT2D eigenvalue weighted by Gasteiger charge is 2.14. The zero-order valence-electron chi connectivity index (χ0n) is 7.91. The van der Waals surface area contributed by atoms with Crippen molar-refractivity contribution in [3.8, 4) is 0 Å². The summed E-state index contributed by atoms with van der Waals surface area (Å²) in [6, 6.07) is 2.43. The molecule has 0 aliphatic heterocycles. The lowest BCUT2D eigenvalue weighted by molar-refractivity contribution is 0.0828. The molecular weight excluding hydrogens is 203 g/mol. The SMILES string of the molecule is CN(C)C(=O)c1cc(S)c(F)cc1N. The van der Waals surface area contributed by atoms with Gasteiger partial charge in [0.1, 0.15) is 5.82 Å². The number of carbonyl (C=O) groups is 1. The van der Waals surface area contributed by atoms with E-state index >= 15 is 0 Å². The van der Waals surface area contributed by atoms with Crippen LogP contribution in [0.4, 0.5) is 10.1 Å². The van der Waals surface area contributed by atoms with Crippen LogP contribution in [0, 0.1) is 5.82 Å². The fraction of sp³-hybridized carbons (Fsp3) is 0.222. The van der Waals surface area contributed by atoms with Gasteiger partial charge in [0.2, 0.25) is 0 Å². The molecule has 0 fully saturated rings. The Morgan fingerprint density at radius 3 is 2.57 bits per heavy atom. The number of carbonyl (C=O) groups excluding carboxylic acids is 1. The Morgan fingerprint density at radius 2 is 2.07 bits per heavy atom. The zero-order chi connectivity index (χ0) is 10.9. The van der Waals surface area contributed by atoms with Gasteiger partial charge in [-0.3, -0.25) is 4.79 Å². The number of amides is 1. The molecule has 14 heavy (non-hydrogen) atoms. The van der Waals surface area contributed by atoms with Crippen molar-refractivity contribution in [3.63, 3.8) is 0 Å². The molecule has 0 unspecified atom stereocenters. The van der Waals surface area contributed by atoms with Gasteiger partial charge in [-0.05, 0) is 12.1 Å². The fourth-order valence-electron chi connectivity index (χ4n) is 1.00. The lowest BCUT2D eigenvalue weighted by atomic mass is 10.1. The van der Waals surface area contributed by atoms with E-state index in [1.165, 1.54) is 11.0 Å². The summed E-state index contributed by atoms with van der Waals surface area (Å²) >= 11 is 3.88. The van der Waals surface area contributed by atoms with E-state index in [2.05, 4.69) is 12.6 Å². The van der Waals surface area contributed by atoms with Crippen molar-refractivity contribution in [2.45, 2.75) is 4.90 Å². The van der Waals surface area contributed by atoms with Gasteiger partial charge in [0.05, 0.1) is 5.56 Å². The summed E-state index contributed by atoms with van der Waals surface area (Å²) in [6.45, 7) is 0. The number of hydrogen-bond acceptors (Lipinski definition) is 3. The molecule has 5 heteroatoms. The van der Waals surface area contributed by atoms with E-state index in [1.807, 2.05) is 0 Å². The van der Waals surface area contributed by atoms with Gasteiger partial charge < -0.3 is 10.6 Å². The van der Waals surface area contributed by atoms with Crippen LogP contribution in [-0.4, -0.2) is 24.9 Å². The number of nitrogens with zero attached hydrogens (tertiary/aromatic N) is 1. The molecule has 76 valence electrons. The summed E-state index contributed by atoms with van der Waals surface area (Å²) in [5, 5.41) is 0. The number of hydrogen-bond donors (Lipinski definition) is 2. The standard InChI is InChI=1S/C9H11FN2OS/c1-12(2)9(13)5-3-8(14)6(10)4-7(5)11/h3-4,14H,11H2,1-2H3. The van der Waals surface area contributed by atoms with Gasteiger partial charge in [-0.15, -0.1) is 12.6 Å². The average molecular weight is 214 g/mol. The Morgan fingerprint density at radius 1 is 1.50 bits per heavy atom. The maximum absolute atomic E-state index is 12.9. The van der Waals surface area contributed by atoms with Crippen LogP contribution in [0.15, 0.2) is 17.0 Å². The van der Waals surface area contributed by atoms with Crippen LogP contribution < -0.4 is 5.73 Å². The Hall–Kier alpha value is -1.23. The topological polar surface area (TPSA) is 46.3 Å². The predicted octanol–water partition coefficient (Wildman–Crippen LogP) is 1.40. The van der Waals surface area contributed by atoms with Crippen LogP contribution in [0.3, 0.4) is 0 Å². The van der Waals surface area contributed by atoms with E-state index in [0.717, 1.165) is 6.07 Å². The van der Waals surface area contributed by atoms with Crippen molar-refractivity contribution in [2.75, 3.05) is 19.8 Å². The number of nitrogens with two attached hydrogens (primary N) is 1. The summed E-state index contributed by atoms with van der Waals surface area (Å²) in [6.07, 6.45) is 0. The van der Waals surface area contributed by atoms with Gasteiger partial charge in [0.15, 0.2) is 0 Å². The number of benzene rings is 1. The van der Waals surface area contributed by atoms with Crippen LogP contribution in [-0.2, 0) is 0 Å². The number of rotatable bonds is 1. The molecule has 0 radical (unpaired) electrons. The maximum Gasteiger partial charge on any atom is 0.255 e. The maximum atomic E-state index is 12.9. The third kappa shape index (κ3) is 1.98. The molecule has 0 saturated carbocycles. The first-order valence-electron chi connectivity index (χ1n) is 3.93. The van der Waals surface area contributed by atoms with Gasteiger partial charge in [0, 0.05) is 24.7 Å². The lowest BCUT2D eigenvalue weighted by Gasteiger charge is -2.12. The first-order chi connectivity index (χ1) is 6.43. The van der Waals surface area contributed by atoms with Gasteiger partial charge >= 0.3 is 0 Å². The molecule has 1 aromatic carbocycles. The highest BCUT2D eigenvalue weighted by atomic mass is 32.1. The number of halogens is 1. The Kier molecular flexibility index (Phi) is 3.00. The Balaban J connectivity index is 3.22. The van der Waals surface area contributed by atoms with Crippen LogP contribution in [0.25, 0.3) is 0 Å². The van der Waals surface area contributed by atoms with E-state index in [0.29, 0.717) is 0 Å². The van der Waals surface area contributed by atoms with Gasteiger partial charge in [-0.25, -0.2) is 4.39 Å². The summed E-state index contributed by atoms with van der Waals surface area (Å²) in [7, 11) is 3.20. The van der Waals surface area contributed by atoms with E-state index < -0.39 is 5.82 Å². The number of anilines is 1. The van der Waals surface area contributed by atoms with E-state index in [1.54, 1.807) is 14.1 Å². The second-order valence-corrected chi connectivity index (χ2v) is 3.57. The molecule has 0 heterocycles. The van der Waals surface area contributed by atoms with Crippen molar-refractivity contribution in [1.82, 2.24) is 4.90 Å². The van der Waals surface area contributed by atoms with Crippen LogP contribution in [0.2, 0.25) is 0 Å². The molecule has 2 N–H and O–H groups in total. The third-order valence-electron chi connectivity index (χ3n) is 1.76. The number of nitrogen functional groups attached to an aromatic ring is 1. The first-order valence-corrected chi connectivity index (χ1v) is 4.38. The highest BCUT2D eigenvalue weighted by molar-refractivity contribution is 7.80. The van der Waals surface area contributed by atoms with Gasteiger partial charge in [-0.2, -0.15) is 0 Å². The quantitative estimate of drug-likeness (QED) is 0.548. The van der Waals surface area contributed by atoms with Gasteiger partial charge in [-0.1, -0.05) is 0 Å². The fourth-order valence-corrected chi connectivity index (χ4v) is 1.20. The zero-order valence-corrected chi connectivity index (χ0v) is 8.81. The number of thiol groups is 1. The molecule has 0 saturated heterocycles. The Bertz CT molecular complexity index is 379. The second-order valence-electron chi connectivity index (χ2n) is 3.09. The van der Waals surface area contributed by atoms with Crippen LogP contribution in [0.5, 0.6) is 0 Å². The van der Waals surface area contributed by atoms with Crippen molar-refractivity contribution < 1.29 is 9.18 Å². The molecule has 0 bridgehead atoms. The molecule has 0 spiro atoms. The van der Waals surface area contributed by atoms with Crippen molar-refractivity contribution in [3.05, 3.63) is 23.5 Å². The minimum Gasteiger partial charge on any atom is -0.398 e. The predicted molar refractivity (Wildman–Crippen MR) is 56.1 cm³/mol. The van der Waals surface area contributed by atoms with E-state index in [-0.39, 0.29) is 22.1 Å². The summed E-state index contributed by atoms with van der Waals surface area (Å²) in [5.74, 6) is -0.793. The molecule has 0 aliphatic rings. The summed E-state index contributed by atoms with van der Waals surface area (Å²) < 4.78 is 12.9. The van der Waals surface area contributed by atoms with E-state index in [4.69, 9.17) is 5.73 Å². The molecule has 0 atom stereocenters. The monoisotopic (exact) mass is 214 g/mol. The molecule has 1 rings (SSSR count). The van der Waals surface area contributed by atoms with E-state index in [9.17, 15) is 9.18 Å². The largest absolute Gasteiger partial charge is 0.398 e. The smallest absolute Gasteiger partial charge is 0.255 e. The van der Waals surface area contributed by atoms with Crippen molar-refractivity contribution >= 4 is 24.2 Å². The molecule has 0 aromatic heterocycles. The van der Waals surface area contributed by atoms with Crippen LogP contribution in [0.1, 0.15) is 10.4 Å². The molecule has 3 nitrogen and oxygen atoms in total. The Labute approximate surface area is 87.1 Å². The van der Waals surface area contributed by atoms with Gasteiger partial charge in [0.25, 0.3) is 5.91 Å². The normalized spacial score (nSPS) is 10.0. The molecule has 0 aliphatic carbocycles. The summed E-state index contributed by atoms with van der Waals surface area (Å²) in [4.78, 5) is 13.0. The first kappa shape index (κ1) is 10.8. The van der Waals surface area contributed by atoms with Crippen molar-refractivity contribution in [2.24, 2.45) is 0 Å². The summed E-state index contributed by atoms with van der Waals surface area (Å²) in [5.41, 5.74) is 5.90. The van der Waals surface area contributed by atoms with Crippen LogP contribution >= 0.6 is 12.6 Å².